The van der Waals surface area contributed by atoms with E-state index in [0.29, 0.717) is 12.1 Å². The van der Waals surface area contributed by atoms with Crippen molar-refractivity contribution in [3.8, 4) is 0 Å². The minimum absolute atomic E-state index is 0.252. The van der Waals surface area contributed by atoms with Gasteiger partial charge in [0.05, 0.1) is 22.4 Å². The molecule has 1 unspecified atom stereocenters. The first kappa shape index (κ1) is 13.4. The first-order valence-corrected chi connectivity index (χ1v) is 5.31. The summed E-state index contributed by atoms with van der Waals surface area (Å²) in [7, 11) is 0. The van der Waals surface area contributed by atoms with Gasteiger partial charge in [-0.2, -0.15) is 4.68 Å². The Morgan fingerprint density at radius 3 is 2.71 bits per heavy atom. The van der Waals surface area contributed by atoms with Crippen molar-refractivity contribution in [2.24, 2.45) is 0 Å². The van der Waals surface area contributed by atoms with Gasteiger partial charge in [0.25, 0.3) is 0 Å². The molecule has 17 heavy (non-hydrogen) atoms. The van der Waals surface area contributed by atoms with Crippen molar-refractivity contribution in [1.82, 2.24) is 9.78 Å². The molecule has 1 atom stereocenters. The van der Waals surface area contributed by atoms with Crippen molar-refractivity contribution < 1.29 is 10.0 Å². The maximum atomic E-state index is 10.7. The molecule has 0 aliphatic heterocycles. The fraction of sp³-hybridized carbons (Fsp3) is 0.545. The number of nitro groups is 1. The fourth-order valence-electron chi connectivity index (χ4n) is 1.52. The second kappa shape index (κ2) is 4.67. The highest BCUT2D eigenvalue weighted by atomic mass is 16.6. The summed E-state index contributed by atoms with van der Waals surface area (Å²) in [5, 5.41) is 24.5. The van der Waals surface area contributed by atoms with Gasteiger partial charge in [0.1, 0.15) is 6.10 Å². The Hall–Kier alpha value is -1.69. The molecule has 0 aliphatic rings. The van der Waals surface area contributed by atoms with Crippen LogP contribution in [0.15, 0.2) is 18.7 Å². The van der Waals surface area contributed by atoms with Crippen LogP contribution in [0.25, 0.3) is 0 Å². The number of aliphatic hydroxyl groups is 1. The Labute approximate surface area is 99.7 Å². The number of nitrogens with zero attached hydrogens (tertiary/aromatic N) is 3. The molecule has 0 aliphatic carbocycles. The lowest BCUT2D eigenvalue weighted by molar-refractivity contribution is -0.389. The Balaban J connectivity index is 3.26. The van der Waals surface area contributed by atoms with Gasteiger partial charge >= 0.3 is 5.82 Å². The number of hydrogen-bond donors (Lipinski definition) is 1. The highest BCUT2D eigenvalue weighted by Crippen LogP contribution is 2.27. The van der Waals surface area contributed by atoms with Crippen LogP contribution in [-0.2, 0) is 5.54 Å². The van der Waals surface area contributed by atoms with Crippen LogP contribution in [0.2, 0.25) is 0 Å². The van der Waals surface area contributed by atoms with Crippen molar-refractivity contribution in [3.05, 3.63) is 34.5 Å². The molecule has 0 amide bonds. The lowest BCUT2D eigenvalue weighted by atomic mass is 10.1. The minimum atomic E-state index is -0.826. The van der Waals surface area contributed by atoms with Crippen molar-refractivity contribution in [1.29, 1.82) is 0 Å². The van der Waals surface area contributed by atoms with Crippen LogP contribution in [0.1, 0.15) is 39.0 Å². The molecule has 1 aromatic heterocycles. The summed E-state index contributed by atoms with van der Waals surface area (Å²) in [5.74, 6) is -0.252. The summed E-state index contributed by atoms with van der Waals surface area (Å²) in [6, 6.07) is 1.30. The first-order chi connectivity index (χ1) is 7.77. The number of hydrogen-bond acceptors (Lipinski definition) is 4. The number of rotatable bonds is 4. The smallest absolute Gasteiger partial charge is 0.386 e. The molecule has 6 nitrogen and oxygen atoms in total. The minimum Gasteiger partial charge on any atom is -0.386 e. The average molecular weight is 239 g/mol. The zero-order chi connectivity index (χ0) is 13.2. The zero-order valence-corrected chi connectivity index (χ0v) is 10.3. The lowest BCUT2D eigenvalue weighted by Gasteiger charge is -2.20. The quantitative estimate of drug-likeness (QED) is 0.496. The molecule has 1 rings (SSSR count). The second-order valence-corrected chi connectivity index (χ2v) is 4.81. The molecule has 0 fully saturated rings. The van der Waals surface area contributed by atoms with Gasteiger partial charge in [-0.15, -0.1) is 6.58 Å². The molecule has 94 valence electrons. The molecule has 0 radical (unpaired) electrons. The van der Waals surface area contributed by atoms with E-state index in [1.54, 1.807) is 6.08 Å². The van der Waals surface area contributed by atoms with Crippen molar-refractivity contribution in [2.75, 3.05) is 0 Å². The van der Waals surface area contributed by atoms with Crippen LogP contribution in [0, 0.1) is 10.1 Å². The maximum Gasteiger partial charge on any atom is 0.390 e. The zero-order valence-electron chi connectivity index (χ0n) is 10.3. The molecule has 1 heterocycles. The summed E-state index contributed by atoms with van der Waals surface area (Å²) in [6.07, 6.45) is 1.07. The monoisotopic (exact) mass is 239 g/mol. The summed E-state index contributed by atoms with van der Waals surface area (Å²) >= 11 is 0. The predicted octanol–water partition coefficient (Wildman–Crippen LogP) is 2.16. The standard InChI is InChI=1S/C11H17N3O3/c1-5-6-9(15)8-7-10(14(16)17)12-13(8)11(2,3)4/h5,7,9,15H,1,6H2,2-4H3. The van der Waals surface area contributed by atoms with E-state index < -0.39 is 16.6 Å². The molecular weight excluding hydrogens is 222 g/mol. The third-order valence-corrected chi connectivity index (χ3v) is 2.28. The third-order valence-electron chi connectivity index (χ3n) is 2.28. The molecule has 0 spiro atoms. The van der Waals surface area contributed by atoms with E-state index in [1.807, 2.05) is 20.8 Å². The van der Waals surface area contributed by atoms with Gasteiger partial charge in [0.2, 0.25) is 0 Å². The molecule has 6 heteroatoms. The van der Waals surface area contributed by atoms with Crippen molar-refractivity contribution >= 4 is 5.82 Å². The molecular formula is C11H17N3O3. The summed E-state index contributed by atoms with van der Waals surface area (Å²) in [4.78, 5) is 10.1. The average Bonchev–Trinajstić information content (AvgIpc) is 2.61. The van der Waals surface area contributed by atoms with Crippen molar-refractivity contribution in [3.63, 3.8) is 0 Å². The Morgan fingerprint density at radius 1 is 1.71 bits per heavy atom. The van der Waals surface area contributed by atoms with Crippen molar-refractivity contribution in [2.45, 2.75) is 38.8 Å². The van der Waals surface area contributed by atoms with Gasteiger partial charge in [0, 0.05) is 0 Å². The predicted molar refractivity (Wildman–Crippen MR) is 63.7 cm³/mol. The highest BCUT2D eigenvalue weighted by molar-refractivity contribution is 5.25. The van der Waals surface area contributed by atoms with E-state index in [0.717, 1.165) is 0 Å². The molecule has 0 saturated carbocycles. The number of aliphatic hydroxyl groups excluding tert-OH is 1. The Kier molecular flexibility index (Phi) is 3.67. The van der Waals surface area contributed by atoms with Crippen LogP contribution < -0.4 is 0 Å². The first-order valence-electron chi connectivity index (χ1n) is 5.31. The lowest BCUT2D eigenvalue weighted by Crippen LogP contribution is -2.26. The van der Waals surface area contributed by atoms with Crippen LogP contribution in [0.5, 0.6) is 0 Å². The maximum absolute atomic E-state index is 10.7. The normalized spacial score (nSPS) is 13.4. The highest BCUT2D eigenvalue weighted by Gasteiger charge is 2.29. The van der Waals surface area contributed by atoms with E-state index in [1.165, 1.54) is 10.7 Å². The van der Waals surface area contributed by atoms with Crippen LogP contribution in [0.4, 0.5) is 5.82 Å². The van der Waals surface area contributed by atoms with E-state index in [2.05, 4.69) is 11.7 Å². The fourth-order valence-corrected chi connectivity index (χ4v) is 1.52. The van der Waals surface area contributed by atoms with Crippen LogP contribution >= 0.6 is 0 Å². The van der Waals surface area contributed by atoms with E-state index >= 15 is 0 Å². The Bertz CT molecular complexity index is 432. The van der Waals surface area contributed by atoms with Gasteiger partial charge in [-0.1, -0.05) is 6.08 Å². The largest absolute Gasteiger partial charge is 0.390 e. The van der Waals surface area contributed by atoms with Crippen LogP contribution in [0.3, 0.4) is 0 Å². The van der Waals surface area contributed by atoms with Gasteiger partial charge in [0.15, 0.2) is 0 Å². The Morgan fingerprint density at radius 2 is 2.29 bits per heavy atom. The summed E-state index contributed by atoms with van der Waals surface area (Å²) in [5.41, 5.74) is 0.00949. The summed E-state index contributed by atoms with van der Waals surface area (Å²) in [6.45, 7) is 9.14. The van der Waals surface area contributed by atoms with Crippen LogP contribution in [-0.4, -0.2) is 19.8 Å². The molecule has 1 aromatic rings. The number of aromatic nitrogens is 2. The molecule has 1 N–H and O–H groups in total. The van der Waals surface area contributed by atoms with Gasteiger partial charge in [-0.05, 0) is 32.1 Å². The SMILES string of the molecule is C=CCC(O)c1cc([N+](=O)[O-])nn1C(C)(C)C. The second-order valence-electron chi connectivity index (χ2n) is 4.81. The van der Waals surface area contributed by atoms with Gasteiger partial charge in [-0.3, -0.25) is 0 Å². The van der Waals surface area contributed by atoms with E-state index in [9.17, 15) is 15.2 Å². The van der Waals surface area contributed by atoms with E-state index in [-0.39, 0.29) is 5.82 Å². The van der Waals surface area contributed by atoms with Gasteiger partial charge in [-0.25, -0.2) is 0 Å². The molecule has 0 aromatic carbocycles. The van der Waals surface area contributed by atoms with E-state index in [4.69, 9.17) is 0 Å². The summed E-state index contributed by atoms with van der Waals surface area (Å²) < 4.78 is 1.49. The third kappa shape index (κ3) is 2.91. The van der Waals surface area contributed by atoms with Gasteiger partial charge < -0.3 is 15.2 Å². The molecule has 0 bridgehead atoms. The topological polar surface area (TPSA) is 81.2 Å². The molecule has 0 saturated heterocycles.